The fraction of sp³-hybridized carbons (Fsp3) is 0.615. The zero-order chi connectivity index (χ0) is 10.9. The van der Waals surface area contributed by atoms with Crippen molar-refractivity contribution in [2.24, 2.45) is 5.92 Å². The van der Waals surface area contributed by atoms with E-state index in [1.54, 1.807) is 13.0 Å². The van der Waals surface area contributed by atoms with Crippen molar-refractivity contribution < 1.29 is 9.53 Å². The average molecular weight is 206 g/mol. The van der Waals surface area contributed by atoms with Gasteiger partial charge in [-0.1, -0.05) is 31.1 Å². The van der Waals surface area contributed by atoms with Gasteiger partial charge in [-0.3, -0.25) is 0 Å². The lowest BCUT2D eigenvalue weighted by molar-refractivity contribution is -0.137. The monoisotopic (exact) mass is 206 g/mol. The number of ether oxygens (including phenoxy) is 1. The van der Waals surface area contributed by atoms with Crippen LogP contribution in [0.15, 0.2) is 12.2 Å². The first kappa shape index (κ1) is 11.8. The van der Waals surface area contributed by atoms with E-state index in [9.17, 15) is 4.79 Å². The van der Waals surface area contributed by atoms with E-state index >= 15 is 0 Å². The molecule has 0 amide bonds. The maximum atomic E-state index is 10.9. The van der Waals surface area contributed by atoms with E-state index in [2.05, 4.69) is 11.8 Å². The van der Waals surface area contributed by atoms with E-state index < -0.39 is 0 Å². The van der Waals surface area contributed by atoms with Gasteiger partial charge in [0.25, 0.3) is 0 Å². The lowest BCUT2D eigenvalue weighted by atomic mass is 9.90. The van der Waals surface area contributed by atoms with Crippen molar-refractivity contribution >= 4 is 5.97 Å². The molecule has 0 atom stereocenters. The molecule has 0 aromatic carbocycles. The van der Waals surface area contributed by atoms with Crippen LogP contribution in [0.25, 0.3) is 0 Å². The van der Waals surface area contributed by atoms with Gasteiger partial charge in [-0.25, -0.2) is 4.79 Å². The van der Waals surface area contributed by atoms with Crippen molar-refractivity contribution in [2.75, 3.05) is 6.61 Å². The summed E-state index contributed by atoms with van der Waals surface area (Å²) in [6.45, 7) is 2.21. The van der Waals surface area contributed by atoms with Crippen molar-refractivity contribution in [3.63, 3.8) is 0 Å². The summed E-state index contributed by atoms with van der Waals surface area (Å²) in [5, 5.41) is 0. The molecule has 0 unspecified atom stereocenters. The predicted octanol–water partition coefficient (Wildman–Crippen LogP) is 2.69. The Hall–Kier alpha value is -1.23. The summed E-state index contributed by atoms with van der Waals surface area (Å²) < 4.78 is 4.74. The smallest absolute Gasteiger partial charge is 0.331 e. The van der Waals surface area contributed by atoms with E-state index in [0.717, 1.165) is 0 Å². The fourth-order valence-electron chi connectivity index (χ4n) is 1.71. The summed E-state index contributed by atoms with van der Waals surface area (Å²) in [4.78, 5) is 10.9. The van der Waals surface area contributed by atoms with Crippen LogP contribution >= 0.6 is 0 Å². The molecule has 15 heavy (non-hydrogen) atoms. The molecule has 0 aromatic heterocycles. The molecule has 1 fully saturated rings. The number of carbonyl (C=O) groups is 1. The molecule has 1 saturated carbocycles. The molecular weight excluding hydrogens is 188 g/mol. The highest BCUT2D eigenvalue weighted by Crippen LogP contribution is 2.22. The zero-order valence-corrected chi connectivity index (χ0v) is 9.29. The number of esters is 1. The number of rotatable bonds is 2. The minimum Gasteiger partial charge on any atom is -0.463 e. The Morgan fingerprint density at radius 1 is 1.40 bits per heavy atom. The second-order valence-electron chi connectivity index (χ2n) is 3.71. The summed E-state index contributed by atoms with van der Waals surface area (Å²) in [5.74, 6) is 6.31. The van der Waals surface area contributed by atoms with Crippen molar-refractivity contribution in [1.82, 2.24) is 0 Å². The highest BCUT2D eigenvalue weighted by Gasteiger charge is 2.09. The summed E-state index contributed by atoms with van der Waals surface area (Å²) >= 11 is 0. The van der Waals surface area contributed by atoms with Gasteiger partial charge in [-0.2, -0.15) is 0 Å². The molecule has 2 nitrogen and oxygen atoms in total. The van der Waals surface area contributed by atoms with Crippen LogP contribution in [0.2, 0.25) is 0 Å². The van der Waals surface area contributed by atoms with E-state index in [0.29, 0.717) is 12.5 Å². The molecule has 2 heteroatoms. The molecule has 0 N–H and O–H groups in total. The Labute approximate surface area is 91.7 Å². The molecule has 0 aromatic rings. The Morgan fingerprint density at radius 2 is 2.13 bits per heavy atom. The largest absolute Gasteiger partial charge is 0.463 e. The topological polar surface area (TPSA) is 26.3 Å². The van der Waals surface area contributed by atoms with Crippen LogP contribution in [0.3, 0.4) is 0 Å². The molecule has 82 valence electrons. The molecular formula is C13H18O2. The number of allylic oxidation sites excluding steroid dienone is 1. The van der Waals surface area contributed by atoms with Crippen molar-refractivity contribution in [3.8, 4) is 11.8 Å². The lowest BCUT2D eigenvalue weighted by Gasteiger charge is -2.15. The quantitative estimate of drug-likeness (QED) is 0.394. The van der Waals surface area contributed by atoms with Gasteiger partial charge in [-0.05, 0) is 25.8 Å². The second kappa shape index (κ2) is 7.11. The standard InChI is InChI=1S/C13H18O2/c1-2-15-13(14)11-7-6-10-12-8-4-3-5-9-12/h7,11-12H,2-5,8-9H2,1H3. The molecule has 0 spiro atoms. The van der Waals surface area contributed by atoms with Gasteiger partial charge in [0.2, 0.25) is 0 Å². The maximum absolute atomic E-state index is 10.9. The lowest BCUT2D eigenvalue weighted by Crippen LogP contribution is -2.02. The van der Waals surface area contributed by atoms with Crippen molar-refractivity contribution in [2.45, 2.75) is 39.0 Å². The number of hydrogen-bond acceptors (Lipinski definition) is 2. The molecule has 0 saturated heterocycles. The highest BCUT2D eigenvalue weighted by molar-refractivity contribution is 5.82. The number of hydrogen-bond donors (Lipinski definition) is 0. The van der Waals surface area contributed by atoms with Crippen LogP contribution in [0, 0.1) is 17.8 Å². The molecule has 0 aliphatic heterocycles. The van der Waals surface area contributed by atoms with Crippen LogP contribution in [-0.4, -0.2) is 12.6 Å². The SMILES string of the molecule is CCOC(=O)C=CC#CC1CCCCC1. The van der Waals surface area contributed by atoms with E-state index in [1.807, 2.05) is 0 Å². The normalized spacial score (nSPS) is 17.1. The molecule has 0 radical (unpaired) electrons. The highest BCUT2D eigenvalue weighted by atomic mass is 16.5. The number of carbonyl (C=O) groups excluding carboxylic acids is 1. The Morgan fingerprint density at radius 3 is 2.80 bits per heavy atom. The van der Waals surface area contributed by atoms with Crippen LogP contribution < -0.4 is 0 Å². The predicted molar refractivity (Wildman–Crippen MR) is 60.1 cm³/mol. The minimum atomic E-state index is -0.310. The van der Waals surface area contributed by atoms with E-state index in [-0.39, 0.29) is 5.97 Å². The van der Waals surface area contributed by atoms with Gasteiger partial charge >= 0.3 is 5.97 Å². The Kier molecular flexibility index (Phi) is 5.62. The van der Waals surface area contributed by atoms with Crippen molar-refractivity contribution in [3.05, 3.63) is 12.2 Å². The molecule has 0 heterocycles. The molecule has 1 aliphatic carbocycles. The zero-order valence-electron chi connectivity index (χ0n) is 9.29. The maximum Gasteiger partial charge on any atom is 0.331 e. The first-order valence-corrected chi connectivity index (χ1v) is 5.67. The summed E-state index contributed by atoms with van der Waals surface area (Å²) in [6, 6.07) is 0. The second-order valence-corrected chi connectivity index (χ2v) is 3.71. The molecule has 1 aliphatic rings. The van der Waals surface area contributed by atoms with Crippen LogP contribution in [-0.2, 0) is 9.53 Å². The van der Waals surface area contributed by atoms with Gasteiger partial charge < -0.3 is 4.74 Å². The third-order valence-corrected chi connectivity index (χ3v) is 2.48. The van der Waals surface area contributed by atoms with Crippen LogP contribution in [0.1, 0.15) is 39.0 Å². The summed E-state index contributed by atoms with van der Waals surface area (Å²) in [6.07, 6.45) is 9.32. The van der Waals surface area contributed by atoms with E-state index in [1.165, 1.54) is 38.2 Å². The third-order valence-electron chi connectivity index (χ3n) is 2.48. The van der Waals surface area contributed by atoms with E-state index in [4.69, 9.17) is 4.74 Å². The van der Waals surface area contributed by atoms with Gasteiger partial charge in [0.1, 0.15) is 0 Å². The Balaban J connectivity index is 2.28. The molecule has 1 rings (SSSR count). The molecule has 0 bridgehead atoms. The summed E-state index contributed by atoms with van der Waals surface area (Å²) in [5.41, 5.74) is 0. The van der Waals surface area contributed by atoms with Gasteiger partial charge in [0.15, 0.2) is 0 Å². The van der Waals surface area contributed by atoms with Gasteiger partial charge in [-0.15, -0.1) is 0 Å². The first-order chi connectivity index (χ1) is 7.33. The Bertz CT molecular complexity index is 275. The fourth-order valence-corrected chi connectivity index (χ4v) is 1.71. The first-order valence-electron chi connectivity index (χ1n) is 5.67. The van der Waals surface area contributed by atoms with Gasteiger partial charge in [0, 0.05) is 12.0 Å². The summed E-state index contributed by atoms with van der Waals surface area (Å²) in [7, 11) is 0. The van der Waals surface area contributed by atoms with Crippen LogP contribution in [0.5, 0.6) is 0 Å². The third kappa shape index (κ3) is 5.27. The van der Waals surface area contributed by atoms with Gasteiger partial charge in [0.05, 0.1) is 6.61 Å². The van der Waals surface area contributed by atoms with Crippen molar-refractivity contribution in [1.29, 1.82) is 0 Å². The average Bonchev–Trinajstić information content (AvgIpc) is 2.26. The minimum absolute atomic E-state index is 0.310. The van der Waals surface area contributed by atoms with Crippen LogP contribution in [0.4, 0.5) is 0 Å².